The van der Waals surface area contributed by atoms with Gasteiger partial charge < -0.3 is 9.63 Å². The van der Waals surface area contributed by atoms with Gasteiger partial charge in [0, 0.05) is 17.5 Å². The highest BCUT2D eigenvalue weighted by atomic mass is 32.2. The monoisotopic (exact) mass is 466 g/mol. The first-order valence-electron chi connectivity index (χ1n) is 9.84. The number of hydrogen-bond donors (Lipinski definition) is 2. The largest absolute Gasteiger partial charge is 0.480 e. The summed E-state index contributed by atoms with van der Waals surface area (Å²) < 4.78 is 33.9. The molecule has 2 aromatic heterocycles. The molecule has 1 aliphatic rings. The van der Waals surface area contributed by atoms with E-state index < -0.39 is 27.4 Å². The molecule has 7 nitrogen and oxygen atoms in total. The number of aromatic nitrogens is 1. The van der Waals surface area contributed by atoms with Crippen molar-refractivity contribution >= 4 is 27.3 Å². The van der Waals surface area contributed by atoms with Crippen LogP contribution in [0.3, 0.4) is 0 Å². The summed E-state index contributed by atoms with van der Waals surface area (Å²) in [6.07, 6.45) is 0.202. The molecular formula is C23H18N2O5S2. The third-order valence-electron chi connectivity index (χ3n) is 5.53. The van der Waals surface area contributed by atoms with Gasteiger partial charge in [-0.15, -0.1) is 11.3 Å². The maximum Gasteiger partial charge on any atom is 0.325 e. The van der Waals surface area contributed by atoms with Crippen molar-refractivity contribution in [3.8, 4) is 21.9 Å². The fourth-order valence-corrected chi connectivity index (χ4v) is 6.43. The quantitative estimate of drug-likeness (QED) is 0.419. The van der Waals surface area contributed by atoms with Gasteiger partial charge in [-0.05, 0) is 24.1 Å². The number of hydrogen-bond acceptors (Lipinski definition) is 6. The summed E-state index contributed by atoms with van der Waals surface area (Å²) in [5.74, 6) is -1.03. The van der Waals surface area contributed by atoms with Gasteiger partial charge in [-0.25, -0.2) is 8.42 Å². The molecule has 0 aliphatic heterocycles. The van der Waals surface area contributed by atoms with E-state index in [0.717, 1.165) is 22.5 Å². The highest BCUT2D eigenvalue weighted by molar-refractivity contribution is 7.91. The number of aliphatic carboxylic acids is 1. The lowest BCUT2D eigenvalue weighted by atomic mass is 10.1. The molecule has 0 spiro atoms. The third-order valence-corrected chi connectivity index (χ3v) is 8.64. The molecule has 0 saturated heterocycles. The van der Waals surface area contributed by atoms with Crippen LogP contribution in [-0.4, -0.2) is 30.2 Å². The molecule has 2 heterocycles. The Morgan fingerprint density at radius 1 is 1.06 bits per heavy atom. The summed E-state index contributed by atoms with van der Waals surface area (Å²) in [5, 5.41) is 13.8. The number of nitrogens with one attached hydrogen (secondary N) is 1. The van der Waals surface area contributed by atoms with Crippen molar-refractivity contribution < 1.29 is 22.8 Å². The molecule has 0 radical (unpaired) electrons. The molecule has 1 fully saturated rings. The molecule has 0 unspecified atom stereocenters. The SMILES string of the molecule is O=C(O)[C@]1(NS(=O)(=O)c2ccc(-c3cc(-c4ccccc4)on3)s2)C[C@H]1c1ccccc1. The second kappa shape index (κ2) is 7.70. The second-order valence-corrected chi connectivity index (χ2v) is 10.6. The summed E-state index contributed by atoms with van der Waals surface area (Å²) in [7, 11) is -4.04. The number of carboxylic acids is 1. The third kappa shape index (κ3) is 3.64. The summed E-state index contributed by atoms with van der Waals surface area (Å²) in [5.41, 5.74) is 0.623. The van der Waals surface area contributed by atoms with Crippen LogP contribution in [0, 0.1) is 0 Å². The lowest BCUT2D eigenvalue weighted by Gasteiger charge is -2.14. The topological polar surface area (TPSA) is 110 Å². The van der Waals surface area contributed by atoms with Crippen LogP contribution in [0.5, 0.6) is 0 Å². The minimum absolute atomic E-state index is 0.0242. The number of thiophene rings is 1. The van der Waals surface area contributed by atoms with E-state index in [2.05, 4.69) is 9.88 Å². The summed E-state index contributed by atoms with van der Waals surface area (Å²) in [4.78, 5) is 12.6. The van der Waals surface area contributed by atoms with Gasteiger partial charge in [-0.2, -0.15) is 4.72 Å². The maximum absolute atomic E-state index is 13.0. The Hall–Kier alpha value is -3.27. The van der Waals surface area contributed by atoms with Crippen LogP contribution in [0.25, 0.3) is 21.9 Å². The molecule has 162 valence electrons. The Morgan fingerprint density at radius 3 is 2.44 bits per heavy atom. The summed E-state index contributed by atoms with van der Waals surface area (Å²) in [6.45, 7) is 0. The fourth-order valence-electron chi connectivity index (χ4n) is 3.77. The Labute approximate surface area is 188 Å². The molecule has 0 bridgehead atoms. The number of rotatable bonds is 7. The van der Waals surface area contributed by atoms with E-state index >= 15 is 0 Å². The van der Waals surface area contributed by atoms with Crippen molar-refractivity contribution in [3.63, 3.8) is 0 Å². The van der Waals surface area contributed by atoms with Gasteiger partial charge in [0.2, 0.25) is 0 Å². The zero-order valence-electron chi connectivity index (χ0n) is 16.6. The van der Waals surface area contributed by atoms with Gasteiger partial charge in [0.25, 0.3) is 10.0 Å². The van der Waals surface area contributed by atoms with Crippen LogP contribution in [0.15, 0.2) is 87.6 Å². The van der Waals surface area contributed by atoms with E-state index in [1.807, 2.05) is 60.7 Å². The summed E-state index contributed by atoms with van der Waals surface area (Å²) >= 11 is 1.01. The van der Waals surface area contributed by atoms with Crippen LogP contribution < -0.4 is 4.72 Å². The van der Waals surface area contributed by atoms with Crippen molar-refractivity contribution in [1.82, 2.24) is 9.88 Å². The molecule has 2 atom stereocenters. The number of nitrogens with zero attached hydrogens (tertiary/aromatic N) is 1. The number of sulfonamides is 1. The molecule has 1 saturated carbocycles. The van der Waals surface area contributed by atoms with Gasteiger partial charge in [0.15, 0.2) is 5.76 Å². The van der Waals surface area contributed by atoms with Crippen LogP contribution in [0.4, 0.5) is 0 Å². The minimum atomic E-state index is -4.04. The van der Waals surface area contributed by atoms with E-state index in [1.165, 1.54) is 6.07 Å². The number of carbonyl (C=O) groups is 1. The van der Waals surface area contributed by atoms with Crippen molar-refractivity contribution in [3.05, 3.63) is 84.4 Å². The van der Waals surface area contributed by atoms with Crippen LogP contribution in [-0.2, 0) is 14.8 Å². The van der Waals surface area contributed by atoms with Crippen molar-refractivity contribution in [2.24, 2.45) is 0 Å². The van der Waals surface area contributed by atoms with Crippen LogP contribution in [0.1, 0.15) is 17.9 Å². The summed E-state index contributed by atoms with van der Waals surface area (Å²) in [6, 6.07) is 23.4. The van der Waals surface area contributed by atoms with Crippen LogP contribution >= 0.6 is 11.3 Å². The first-order chi connectivity index (χ1) is 15.4. The maximum atomic E-state index is 13.0. The highest BCUT2D eigenvalue weighted by Crippen LogP contribution is 2.52. The molecule has 4 aromatic rings. The Bertz CT molecular complexity index is 1380. The average molecular weight is 467 g/mol. The smallest absolute Gasteiger partial charge is 0.325 e. The molecular weight excluding hydrogens is 448 g/mol. The zero-order chi connectivity index (χ0) is 22.3. The molecule has 5 rings (SSSR count). The fraction of sp³-hybridized carbons (Fsp3) is 0.130. The zero-order valence-corrected chi connectivity index (χ0v) is 18.3. The van der Waals surface area contributed by atoms with E-state index in [0.29, 0.717) is 16.3 Å². The Morgan fingerprint density at radius 2 is 1.75 bits per heavy atom. The highest BCUT2D eigenvalue weighted by Gasteiger charge is 2.63. The predicted molar refractivity (Wildman–Crippen MR) is 120 cm³/mol. The van der Waals surface area contributed by atoms with E-state index in [4.69, 9.17) is 4.52 Å². The Balaban J connectivity index is 1.39. The van der Waals surface area contributed by atoms with E-state index in [-0.39, 0.29) is 10.6 Å². The van der Waals surface area contributed by atoms with E-state index in [9.17, 15) is 18.3 Å². The Kier molecular flexibility index (Phi) is 4.96. The van der Waals surface area contributed by atoms with Gasteiger partial charge in [-0.1, -0.05) is 65.8 Å². The standard InChI is InChI=1S/C23H18N2O5S2/c26-22(27)23(14-17(23)15-7-3-1-4-8-15)25-32(28,29)21-12-11-20(31-21)18-13-19(30-24-18)16-9-5-2-6-10-16/h1-13,17,25H,14H2,(H,26,27)/t17-,23-/m0/s1. The molecule has 9 heteroatoms. The minimum Gasteiger partial charge on any atom is -0.480 e. The van der Waals surface area contributed by atoms with Gasteiger partial charge in [0.05, 0.1) is 4.88 Å². The van der Waals surface area contributed by atoms with E-state index in [1.54, 1.807) is 12.1 Å². The number of benzene rings is 2. The molecule has 2 N–H and O–H groups in total. The molecule has 1 aliphatic carbocycles. The first-order valence-corrected chi connectivity index (χ1v) is 12.1. The van der Waals surface area contributed by atoms with Crippen LogP contribution in [0.2, 0.25) is 0 Å². The molecule has 32 heavy (non-hydrogen) atoms. The molecule has 2 aromatic carbocycles. The van der Waals surface area contributed by atoms with Gasteiger partial charge in [0.1, 0.15) is 15.4 Å². The van der Waals surface area contributed by atoms with Crippen molar-refractivity contribution in [1.29, 1.82) is 0 Å². The van der Waals surface area contributed by atoms with Crippen molar-refractivity contribution in [2.45, 2.75) is 22.1 Å². The van der Waals surface area contributed by atoms with Crippen molar-refractivity contribution in [2.75, 3.05) is 0 Å². The molecule has 0 amide bonds. The van der Waals surface area contributed by atoms with Gasteiger partial charge >= 0.3 is 5.97 Å². The lowest BCUT2D eigenvalue weighted by Crippen LogP contribution is -2.44. The number of carboxylic acid groups (broad SMARTS) is 1. The average Bonchev–Trinajstić information content (AvgIpc) is 3.15. The lowest BCUT2D eigenvalue weighted by molar-refractivity contribution is -0.140. The normalized spacial score (nSPS) is 20.2. The predicted octanol–water partition coefficient (Wildman–Crippen LogP) is 4.36. The first kappa shape index (κ1) is 20.6. The second-order valence-electron chi connectivity index (χ2n) is 7.61. The van der Waals surface area contributed by atoms with Gasteiger partial charge in [-0.3, -0.25) is 4.79 Å².